The zero-order valence-electron chi connectivity index (χ0n) is 20.0. The summed E-state index contributed by atoms with van der Waals surface area (Å²) in [5.74, 6) is 0.0755. The van der Waals surface area contributed by atoms with Gasteiger partial charge >= 0.3 is 0 Å². The van der Waals surface area contributed by atoms with Crippen molar-refractivity contribution < 1.29 is 13.2 Å². The summed E-state index contributed by atoms with van der Waals surface area (Å²) >= 11 is 0. The van der Waals surface area contributed by atoms with Crippen molar-refractivity contribution >= 4 is 39.1 Å². The molecule has 0 atom stereocenters. The molecule has 1 amide bonds. The molecule has 1 aromatic heterocycles. The zero-order chi connectivity index (χ0) is 24.3. The number of hydrogen-bond acceptors (Lipinski definition) is 7. The largest absolute Gasteiger partial charge is 0.399 e. The number of hydrogen-bond donors (Lipinski definition) is 2. The predicted octanol–water partition coefficient (Wildman–Crippen LogP) is 3.18. The predicted molar refractivity (Wildman–Crippen MR) is 134 cm³/mol. The molecule has 2 fully saturated rings. The maximum atomic E-state index is 13.3. The number of nitrogens with zero attached hydrogens (tertiary/aromatic N) is 4. The number of nitrogen functional groups attached to an aromatic ring is 1. The van der Waals surface area contributed by atoms with Crippen molar-refractivity contribution in [1.29, 1.82) is 0 Å². The van der Waals surface area contributed by atoms with Gasteiger partial charge in [0.1, 0.15) is 0 Å². The van der Waals surface area contributed by atoms with Gasteiger partial charge in [0.25, 0.3) is 5.91 Å². The summed E-state index contributed by atoms with van der Waals surface area (Å²) in [4.78, 5) is 24.2. The molecule has 0 bridgehead atoms. The molecular weight excluding hydrogens is 452 g/mol. The molecule has 1 aliphatic carbocycles. The molecule has 3 N–H and O–H groups in total. The number of aromatic nitrogens is 2. The molecule has 182 valence electrons. The van der Waals surface area contributed by atoms with E-state index < -0.39 is 14.8 Å². The van der Waals surface area contributed by atoms with Gasteiger partial charge in [-0.3, -0.25) is 14.4 Å². The second kappa shape index (κ2) is 7.83. The van der Waals surface area contributed by atoms with E-state index in [4.69, 9.17) is 5.73 Å². The van der Waals surface area contributed by atoms with Gasteiger partial charge < -0.3 is 10.6 Å². The number of sulfonamides is 1. The standard InChI is InChI=1S/C24H32N6O3S/c1-23(2,3)34(32,33)30-11-6-16-15-26-22(27-20(16)30)28-21(31)18-5-4-17(25)14-19(18)29-12-9-24(7-8-24)10-13-29/h4-5,14-15H,6-13,25H2,1-3H3,(H,26,27,28,31). The molecule has 1 saturated carbocycles. The number of nitrogens with one attached hydrogen (secondary N) is 1. The smallest absolute Gasteiger partial charge is 0.260 e. The van der Waals surface area contributed by atoms with E-state index in [1.165, 1.54) is 17.1 Å². The number of anilines is 4. The second-order valence-corrected chi connectivity index (χ2v) is 13.3. The van der Waals surface area contributed by atoms with Crippen LogP contribution in [0.5, 0.6) is 0 Å². The maximum Gasteiger partial charge on any atom is 0.260 e. The number of carbonyl (C=O) groups excluding carboxylic acids is 1. The van der Waals surface area contributed by atoms with Crippen molar-refractivity contribution in [3.63, 3.8) is 0 Å². The van der Waals surface area contributed by atoms with Crippen molar-refractivity contribution in [1.82, 2.24) is 9.97 Å². The summed E-state index contributed by atoms with van der Waals surface area (Å²) < 4.78 is 26.4. The Labute approximate surface area is 200 Å². The monoisotopic (exact) mass is 484 g/mol. The minimum Gasteiger partial charge on any atom is -0.399 e. The van der Waals surface area contributed by atoms with Crippen LogP contribution < -0.4 is 20.3 Å². The van der Waals surface area contributed by atoms with E-state index in [2.05, 4.69) is 20.2 Å². The van der Waals surface area contributed by atoms with E-state index in [1.54, 1.807) is 39.1 Å². The van der Waals surface area contributed by atoms with Crippen molar-refractivity contribution in [3.05, 3.63) is 35.5 Å². The number of amides is 1. The third-order valence-corrected chi connectivity index (χ3v) is 9.82. The number of nitrogens with two attached hydrogens (primary N) is 1. The van der Waals surface area contributed by atoms with E-state index in [0.29, 0.717) is 35.4 Å². The first-order valence-corrected chi connectivity index (χ1v) is 13.3. The Balaban J connectivity index is 1.39. The lowest BCUT2D eigenvalue weighted by Gasteiger charge is -2.35. The SMILES string of the molecule is CC(C)(C)S(=O)(=O)N1CCc2cnc(NC(=O)c3ccc(N)cc3N3CCC4(CC3)CC4)nc21. The Morgan fingerprint density at radius 2 is 1.82 bits per heavy atom. The van der Waals surface area contributed by atoms with Gasteiger partial charge in [0.2, 0.25) is 16.0 Å². The molecule has 0 radical (unpaired) electrons. The first kappa shape index (κ1) is 22.9. The Kier molecular flexibility index (Phi) is 5.27. The van der Waals surface area contributed by atoms with Crippen LogP contribution in [0.1, 0.15) is 62.4 Å². The van der Waals surface area contributed by atoms with Crippen LogP contribution in [-0.2, 0) is 16.4 Å². The lowest BCUT2D eigenvalue weighted by Crippen LogP contribution is -2.42. The van der Waals surface area contributed by atoms with Gasteiger partial charge in [0.15, 0.2) is 5.82 Å². The molecule has 1 aromatic carbocycles. The lowest BCUT2D eigenvalue weighted by atomic mass is 9.93. The van der Waals surface area contributed by atoms with Crippen molar-refractivity contribution in [2.75, 3.05) is 39.9 Å². The zero-order valence-corrected chi connectivity index (χ0v) is 20.8. The molecule has 34 heavy (non-hydrogen) atoms. The van der Waals surface area contributed by atoms with Gasteiger partial charge in [-0.05, 0) is 76.5 Å². The second-order valence-electron chi connectivity index (χ2n) is 10.7. The van der Waals surface area contributed by atoms with Crippen LogP contribution in [0, 0.1) is 5.41 Å². The van der Waals surface area contributed by atoms with Gasteiger partial charge in [-0.1, -0.05) is 0 Å². The normalized spacial score (nSPS) is 19.3. The number of rotatable bonds is 4. The van der Waals surface area contributed by atoms with E-state index in [-0.39, 0.29) is 11.9 Å². The van der Waals surface area contributed by atoms with Crippen LogP contribution in [0.25, 0.3) is 0 Å². The third kappa shape index (κ3) is 3.97. The van der Waals surface area contributed by atoms with Crippen LogP contribution in [0.2, 0.25) is 0 Å². The Hall–Kier alpha value is -2.88. The Morgan fingerprint density at radius 1 is 1.12 bits per heavy atom. The summed E-state index contributed by atoms with van der Waals surface area (Å²) in [6.07, 6.45) is 7.02. The summed E-state index contributed by atoms with van der Waals surface area (Å²) in [6, 6.07) is 5.29. The van der Waals surface area contributed by atoms with Gasteiger partial charge in [-0.2, -0.15) is 4.98 Å². The topological polar surface area (TPSA) is 122 Å². The highest BCUT2D eigenvalue weighted by atomic mass is 32.2. The summed E-state index contributed by atoms with van der Waals surface area (Å²) in [5, 5.41) is 2.78. The first-order valence-electron chi connectivity index (χ1n) is 11.8. The third-order valence-electron chi connectivity index (χ3n) is 7.34. The van der Waals surface area contributed by atoms with Gasteiger partial charge in [0, 0.05) is 37.1 Å². The summed E-state index contributed by atoms with van der Waals surface area (Å²) in [6.45, 7) is 7.12. The number of carbonyl (C=O) groups is 1. The highest BCUT2D eigenvalue weighted by Gasteiger charge is 2.45. The first-order chi connectivity index (χ1) is 16.0. The van der Waals surface area contributed by atoms with Crippen LogP contribution in [0.4, 0.5) is 23.1 Å². The molecule has 2 aliphatic heterocycles. The maximum absolute atomic E-state index is 13.3. The quantitative estimate of drug-likeness (QED) is 0.639. The van der Waals surface area contributed by atoms with Crippen molar-refractivity contribution in [3.8, 4) is 0 Å². The number of benzene rings is 1. The van der Waals surface area contributed by atoms with Gasteiger partial charge in [-0.25, -0.2) is 13.4 Å². The van der Waals surface area contributed by atoms with Crippen molar-refractivity contribution in [2.24, 2.45) is 5.41 Å². The fourth-order valence-electron chi connectivity index (χ4n) is 4.81. The van der Waals surface area contributed by atoms with E-state index in [9.17, 15) is 13.2 Å². The molecule has 10 heteroatoms. The van der Waals surface area contributed by atoms with E-state index >= 15 is 0 Å². The molecule has 5 rings (SSSR count). The summed E-state index contributed by atoms with van der Waals surface area (Å²) in [7, 11) is -3.61. The highest BCUT2D eigenvalue weighted by Crippen LogP contribution is 2.54. The molecule has 1 spiro atoms. The average Bonchev–Trinajstić information content (AvgIpc) is 3.38. The Morgan fingerprint density at radius 3 is 2.47 bits per heavy atom. The average molecular weight is 485 g/mol. The molecular formula is C24H32N6O3S. The fraction of sp³-hybridized carbons (Fsp3) is 0.542. The Bertz CT molecular complexity index is 1240. The van der Waals surface area contributed by atoms with E-state index in [1.807, 2.05) is 6.07 Å². The van der Waals surface area contributed by atoms with Crippen LogP contribution in [-0.4, -0.2) is 48.7 Å². The number of piperidine rings is 1. The highest BCUT2D eigenvalue weighted by molar-refractivity contribution is 7.94. The van der Waals surface area contributed by atoms with Crippen molar-refractivity contribution in [2.45, 2.75) is 57.6 Å². The molecule has 1 saturated heterocycles. The van der Waals surface area contributed by atoms with Gasteiger partial charge in [-0.15, -0.1) is 0 Å². The van der Waals surface area contributed by atoms with Crippen LogP contribution >= 0.6 is 0 Å². The van der Waals surface area contributed by atoms with E-state index in [0.717, 1.165) is 37.2 Å². The summed E-state index contributed by atoms with van der Waals surface area (Å²) in [5.41, 5.74) is 9.26. The molecule has 2 aromatic rings. The fourth-order valence-corrected chi connectivity index (χ4v) is 6.19. The lowest BCUT2D eigenvalue weighted by molar-refractivity contribution is 0.102. The molecule has 0 unspecified atom stereocenters. The minimum absolute atomic E-state index is 0.0816. The molecule has 3 heterocycles. The number of fused-ring (bicyclic) bond motifs is 1. The van der Waals surface area contributed by atoms with Crippen LogP contribution in [0.3, 0.4) is 0 Å². The molecule has 3 aliphatic rings. The van der Waals surface area contributed by atoms with Crippen LogP contribution in [0.15, 0.2) is 24.4 Å². The molecule has 9 nitrogen and oxygen atoms in total. The minimum atomic E-state index is -3.61. The van der Waals surface area contributed by atoms with Gasteiger partial charge in [0.05, 0.1) is 16.0 Å².